The summed E-state index contributed by atoms with van der Waals surface area (Å²) in [7, 11) is 0. The maximum atomic E-state index is 13.9. The van der Waals surface area contributed by atoms with Crippen LogP contribution in [0.25, 0.3) is 0 Å². The second kappa shape index (κ2) is 9.22. The van der Waals surface area contributed by atoms with E-state index in [0.717, 1.165) is 0 Å². The van der Waals surface area contributed by atoms with E-state index in [1.54, 1.807) is 61.5 Å². The molecule has 5 rings (SSSR count). The Morgan fingerprint density at radius 1 is 1.17 bits per heavy atom. The van der Waals surface area contributed by atoms with Crippen LogP contribution in [0.4, 0.5) is 9.18 Å². The summed E-state index contributed by atoms with van der Waals surface area (Å²) in [4.78, 5) is 47.3. The third-order valence-corrected chi connectivity index (χ3v) is 7.17. The lowest BCUT2D eigenvalue weighted by molar-refractivity contribution is -0.134. The molecule has 0 spiro atoms. The average Bonchev–Trinajstić information content (AvgIpc) is 3.36. The molecule has 1 N–H and O–H groups in total. The molecule has 2 aliphatic heterocycles. The number of furan rings is 1. The molecular weight excluding hydrogens is 463 g/mol. The van der Waals surface area contributed by atoms with E-state index in [-0.39, 0.29) is 30.1 Å². The smallest absolute Gasteiger partial charge is 0.325 e. The van der Waals surface area contributed by atoms with Crippen LogP contribution in [-0.2, 0) is 16.9 Å². The second-order valence-corrected chi connectivity index (χ2v) is 9.39. The number of urea groups is 1. The summed E-state index contributed by atoms with van der Waals surface area (Å²) >= 11 is 0. The van der Waals surface area contributed by atoms with Crippen molar-refractivity contribution in [3.8, 4) is 0 Å². The van der Waals surface area contributed by atoms with Crippen molar-refractivity contribution in [3.05, 3.63) is 88.9 Å². The van der Waals surface area contributed by atoms with E-state index in [4.69, 9.17) is 4.42 Å². The van der Waals surface area contributed by atoms with Gasteiger partial charge in [0, 0.05) is 31.0 Å². The molecule has 36 heavy (non-hydrogen) atoms. The molecule has 3 aromatic rings. The predicted octanol–water partition coefficient (Wildman–Crippen LogP) is 3.93. The summed E-state index contributed by atoms with van der Waals surface area (Å²) < 4.78 is 18.9. The van der Waals surface area contributed by atoms with E-state index in [1.165, 1.54) is 17.0 Å². The van der Waals surface area contributed by atoms with Gasteiger partial charge in [0.15, 0.2) is 5.54 Å². The van der Waals surface area contributed by atoms with Gasteiger partial charge in [0.25, 0.3) is 11.8 Å². The van der Waals surface area contributed by atoms with E-state index in [0.29, 0.717) is 54.1 Å². The Hall–Kier alpha value is -4.01. The number of aryl methyl sites for hydroxylation is 2. The average molecular weight is 491 g/mol. The van der Waals surface area contributed by atoms with Gasteiger partial charge in [-0.15, -0.1) is 0 Å². The summed E-state index contributed by atoms with van der Waals surface area (Å²) in [5, 5.41) is 2.98. The number of aromatic nitrogens is 1. The van der Waals surface area contributed by atoms with Crippen LogP contribution < -0.4 is 5.32 Å². The number of rotatable bonds is 5. The van der Waals surface area contributed by atoms with Crippen molar-refractivity contribution < 1.29 is 23.2 Å². The van der Waals surface area contributed by atoms with E-state index < -0.39 is 11.6 Å². The Morgan fingerprint density at radius 2 is 1.89 bits per heavy atom. The van der Waals surface area contributed by atoms with Gasteiger partial charge in [-0.05, 0) is 62.4 Å². The summed E-state index contributed by atoms with van der Waals surface area (Å²) in [5.41, 5.74) is 0.510. The molecule has 1 atom stereocenters. The molecule has 8 nitrogen and oxygen atoms in total. The van der Waals surface area contributed by atoms with Crippen LogP contribution in [0.15, 0.2) is 59.3 Å². The molecule has 4 heterocycles. The maximum absolute atomic E-state index is 13.9. The number of likely N-dealkylation sites (tertiary alicyclic amines) is 1. The number of carbonyl (C=O) groups excluding carboxylic acids is 3. The highest BCUT2D eigenvalue weighted by Crippen LogP contribution is 2.42. The molecular formula is C27H27FN4O4. The number of halogens is 1. The molecule has 9 heteroatoms. The molecule has 4 amide bonds. The zero-order chi connectivity index (χ0) is 25.4. The number of benzene rings is 1. The van der Waals surface area contributed by atoms with E-state index >= 15 is 0 Å². The summed E-state index contributed by atoms with van der Waals surface area (Å²) in [6.45, 7) is 4.49. The number of pyridine rings is 1. The van der Waals surface area contributed by atoms with Crippen LogP contribution in [0.3, 0.4) is 0 Å². The normalized spacial score (nSPS) is 20.6. The van der Waals surface area contributed by atoms with Crippen LogP contribution in [-0.4, -0.2) is 45.7 Å². The Balaban J connectivity index is 1.40. The highest BCUT2D eigenvalue weighted by molar-refractivity contribution is 6.07. The molecule has 0 saturated carbocycles. The number of hydrogen-bond acceptors (Lipinski definition) is 5. The van der Waals surface area contributed by atoms with Gasteiger partial charge in [0.1, 0.15) is 17.3 Å². The zero-order valence-corrected chi connectivity index (χ0v) is 20.2. The number of carbonyl (C=O) groups is 3. The largest absolute Gasteiger partial charge is 0.466 e. The van der Waals surface area contributed by atoms with Gasteiger partial charge in [-0.2, -0.15) is 0 Å². The van der Waals surface area contributed by atoms with Gasteiger partial charge in [-0.1, -0.05) is 18.2 Å². The molecule has 2 fully saturated rings. The quantitative estimate of drug-likeness (QED) is 0.547. The number of nitrogens with one attached hydrogen (secondary N) is 1. The number of piperidine rings is 1. The Kier molecular flexibility index (Phi) is 6.07. The second-order valence-electron chi connectivity index (χ2n) is 9.39. The Morgan fingerprint density at radius 3 is 2.50 bits per heavy atom. The molecule has 0 unspecified atom stereocenters. The van der Waals surface area contributed by atoms with E-state index in [1.807, 2.05) is 0 Å². The summed E-state index contributed by atoms with van der Waals surface area (Å²) in [5.74, 6) is 0.173. The minimum atomic E-state index is -1.29. The topological polar surface area (TPSA) is 95.8 Å². The van der Waals surface area contributed by atoms with Gasteiger partial charge in [0.2, 0.25) is 0 Å². The number of imide groups is 1. The highest BCUT2D eigenvalue weighted by Gasteiger charge is 2.57. The van der Waals surface area contributed by atoms with Gasteiger partial charge >= 0.3 is 6.03 Å². The molecule has 0 aliphatic carbocycles. The lowest BCUT2D eigenvalue weighted by Gasteiger charge is -2.41. The van der Waals surface area contributed by atoms with Crippen molar-refractivity contribution in [3.63, 3.8) is 0 Å². The van der Waals surface area contributed by atoms with Crippen molar-refractivity contribution in [2.75, 3.05) is 13.1 Å². The van der Waals surface area contributed by atoms with Crippen molar-refractivity contribution in [2.24, 2.45) is 5.92 Å². The molecule has 2 saturated heterocycles. The third-order valence-electron chi connectivity index (χ3n) is 7.17. The molecule has 2 aliphatic rings. The highest BCUT2D eigenvalue weighted by atomic mass is 19.1. The first-order chi connectivity index (χ1) is 17.3. The molecule has 0 radical (unpaired) electrons. The first-order valence-electron chi connectivity index (χ1n) is 11.9. The minimum Gasteiger partial charge on any atom is -0.466 e. The molecule has 1 aromatic carbocycles. The van der Waals surface area contributed by atoms with Crippen molar-refractivity contribution >= 4 is 17.8 Å². The van der Waals surface area contributed by atoms with Crippen LogP contribution in [0, 0.1) is 25.6 Å². The molecule has 0 bridgehead atoms. The number of hydrogen-bond donors (Lipinski definition) is 1. The fourth-order valence-electron chi connectivity index (χ4n) is 5.34. The van der Waals surface area contributed by atoms with Crippen molar-refractivity contribution in [2.45, 2.75) is 38.8 Å². The molecule has 186 valence electrons. The number of nitrogens with zero attached hydrogens (tertiary/aromatic N) is 3. The van der Waals surface area contributed by atoms with E-state index in [9.17, 15) is 18.8 Å². The van der Waals surface area contributed by atoms with Crippen LogP contribution in [0.2, 0.25) is 0 Å². The predicted molar refractivity (Wildman–Crippen MR) is 128 cm³/mol. The standard InChI is InChI=1S/C27H27FN4O4/c1-17-14-23(18(2)36-17)24(33)31-12-9-20(10-13-31)27(21-4-3-11-29-15-21)25(34)32(26(35)30-27)16-19-5-7-22(28)8-6-19/h3-8,11,14-15,20H,9-10,12-13,16H2,1-2H3,(H,30,35)/t27-/m1/s1. The third kappa shape index (κ3) is 4.04. The van der Waals surface area contributed by atoms with Gasteiger partial charge in [-0.25, -0.2) is 9.18 Å². The summed E-state index contributed by atoms with van der Waals surface area (Å²) in [6.07, 6.45) is 4.26. The SMILES string of the molecule is Cc1cc(C(=O)N2CCC([C@]3(c4cccnc4)NC(=O)N(Cc4ccc(F)cc4)C3=O)CC2)c(C)o1. The van der Waals surface area contributed by atoms with Crippen LogP contribution in [0.5, 0.6) is 0 Å². The Labute approximate surface area is 208 Å². The molecule has 2 aromatic heterocycles. The van der Waals surface area contributed by atoms with E-state index in [2.05, 4.69) is 10.3 Å². The lowest BCUT2D eigenvalue weighted by atomic mass is 9.73. The summed E-state index contributed by atoms with van der Waals surface area (Å²) in [6, 6.07) is 10.5. The fourth-order valence-corrected chi connectivity index (χ4v) is 5.34. The fraction of sp³-hybridized carbons (Fsp3) is 0.333. The van der Waals surface area contributed by atoms with Gasteiger partial charge in [-0.3, -0.25) is 19.5 Å². The van der Waals surface area contributed by atoms with Crippen LogP contribution in [0.1, 0.15) is 45.8 Å². The minimum absolute atomic E-state index is 0.0312. The zero-order valence-electron chi connectivity index (χ0n) is 20.2. The first kappa shape index (κ1) is 23.7. The monoisotopic (exact) mass is 490 g/mol. The van der Waals surface area contributed by atoms with Crippen molar-refractivity contribution in [1.29, 1.82) is 0 Å². The van der Waals surface area contributed by atoms with Crippen molar-refractivity contribution in [1.82, 2.24) is 20.1 Å². The maximum Gasteiger partial charge on any atom is 0.325 e. The van der Waals surface area contributed by atoms with Crippen LogP contribution >= 0.6 is 0 Å². The Bertz CT molecular complexity index is 1300. The van der Waals surface area contributed by atoms with Gasteiger partial charge in [0.05, 0.1) is 12.1 Å². The first-order valence-corrected chi connectivity index (χ1v) is 11.9. The van der Waals surface area contributed by atoms with Gasteiger partial charge < -0.3 is 14.6 Å². The lowest BCUT2D eigenvalue weighted by Crippen LogP contribution is -2.54. The number of amides is 4.